The number of rotatable bonds is 6. The second-order valence-electron chi connectivity index (χ2n) is 6.26. The van der Waals surface area contributed by atoms with Crippen LogP contribution < -0.4 is 11.5 Å². The maximum absolute atomic E-state index is 12.4. The number of ketones is 2. The summed E-state index contributed by atoms with van der Waals surface area (Å²) in [6.07, 6.45) is 0.609. The van der Waals surface area contributed by atoms with Crippen molar-refractivity contribution in [1.29, 1.82) is 0 Å². The largest absolute Gasteiger partial charge is 0.399 e. The van der Waals surface area contributed by atoms with Gasteiger partial charge in [-0.25, -0.2) is 0 Å². The van der Waals surface area contributed by atoms with Crippen LogP contribution in [0.2, 0.25) is 0 Å². The van der Waals surface area contributed by atoms with Gasteiger partial charge in [0.1, 0.15) is 0 Å². The number of carbonyl (C=O) groups excluding carboxylic acids is 2. The van der Waals surface area contributed by atoms with Gasteiger partial charge in [-0.2, -0.15) is 0 Å². The van der Waals surface area contributed by atoms with Crippen LogP contribution in [0.1, 0.15) is 31.8 Å². The molecule has 0 saturated carbocycles. The van der Waals surface area contributed by atoms with E-state index in [0.29, 0.717) is 35.3 Å². The number of nitrogens with two attached hydrogens (primary N) is 2. The monoisotopic (exact) mass is 344 g/mol. The zero-order chi connectivity index (χ0) is 18.5. The van der Waals surface area contributed by atoms with Crippen LogP contribution in [-0.2, 0) is 12.8 Å². The van der Waals surface area contributed by atoms with Crippen molar-refractivity contribution in [2.45, 2.75) is 12.8 Å². The van der Waals surface area contributed by atoms with Crippen LogP contribution in [0.4, 0.5) is 11.4 Å². The van der Waals surface area contributed by atoms with Gasteiger partial charge in [-0.05, 0) is 35.4 Å². The molecule has 0 aliphatic rings. The third-order valence-electron chi connectivity index (χ3n) is 4.22. The highest BCUT2D eigenvalue weighted by Gasteiger charge is 2.10. The molecule has 4 nitrogen and oxygen atoms in total. The maximum atomic E-state index is 12.4. The molecule has 0 heterocycles. The molecule has 0 saturated heterocycles. The fourth-order valence-electron chi connectivity index (χ4n) is 2.69. The molecule has 3 aromatic carbocycles. The molecule has 3 aromatic rings. The van der Waals surface area contributed by atoms with Gasteiger partial charge >= 0.3 is 0 Å². The molecule has 0 aliphatic heterocycles. The third kappa shape index (κ3) is 4.36. The summed E-state index contributed by atoms with van der Waals surface area (Å²) in [5.74, 6) is 0.0135. The maximum Gasteiger partial charge on any atom is 0.167 e. The van der Waals surface area contributed by atoms with Gasteiger partial charge in [0.05, 0.1) is 0 Å². The molecular weight excluding hydrogens is 324 g/mol. The Kier molecular flexibility index (Phi) is 5.13. The molecule has 0 fully saturated rings. The van der Waals surface area contributed by atoms with Gasteiger partial charge in [-0.15, -0.1) is 0 Å². The first-order valence-electron chi connectivity index (χ1n) is 8.36. The first kappa shape index (κ1) is 17.4. The summed E-state index contributed by atoms with van der Waals surface area (Å²) in [5.41, 5.74) is 15.6. The Balaban J connectivity index is 1.65. The van der Waals surface area contributed by atoms with Crippen LogP contribution in [0.15, 0.2) is 72.8 Å². The Bertz CT molecular complexity index is 833. The number of hydrogen-bond donors (Lipinski definition) is 2. The second kappa shape index (κ2) is 7.66. The normalized spacial score (nSPS) is 10.5. The molecular formula is C22H20N2O2. The number of nitrogen functional groups attached to an aromatic ring is 2. The third-order valence-corrected chi connectivity index (χ3v) is 4.22. The molecule has 130 valence electrons. The predicted molar refractivity (Wildman–Crippen MR) is 104 cm³/mol. The summed E-state index contributed by atoms with van der Waals surface area (Å²) in [6.45, 7) is 0. The quantitative estimate of drug-likeness (QED) is 0.527. The van der Waals surface area contributed by atoms with Crippen molar-refractivity contribution in [2.24, 2.45) is 0 Å². The van der Waals surface area contributed by atoms with Crippen molar-refractivity contribution >= 4 is 22.9 Å². The lowest BCUT2D eigenvalue weighted by atomic mass is 9.98. The average Bonchev–Trinajstić information content (AvgIpc) is 2.65. The van der Waals surface area contributed by atoms with Crippen molar-refractivity contribution in [3.63, 3.8) is 0 Å². The number of anilines is 2. The minimum atomic E-state index is 0.00676. The Morgan fingerprint density at radius 2 is 0.846 bits per heavy atom. The van der Waals surface area contributed by atoms with E-state index in [1.54, 1.807) is 48.5 Å². The van der Waals surface area contributed by atoms with Gasteiger partial charge in [0.15, 0.2) is 11.6 Å². The molecule has 0 aliphatic carbocycles. The number of Topliss-reactive ketones (excluding diaryl/α,β-unsaturated/α-hetero) is 2. The highest BCUT2D eigenvalue weighted by Crippen LogP contribution is 2.14. The van der Waals surface area contributed by atoms with Crippen molar-refractivity contribution in [3.05, 3.63) is 95.1 Å². The van der Waals surface area contributed by atoms with E-state index in [4.69, 9.17) is 11.5 Å². The molecule has 3 rings (SSSR count). The fraction of sp³-hybridized carbons (Fsp3) is 0.0909. The van der Waals surface area contributed by atoms with Crippen molar-refractivity contribution in [3.8, 4) is 0 Å². The molecule has 0 aromatic heterocycles. The van der Waals surface area contributed by atoms with E-state index in [0.717, 1.165) is 11.1 Å². The van der Waals surface area contributed by atoms with Gasteiger partial charge in [-0.3, -0.25) is 9.59 Å². The van der Waals surface area contributed by atoms with E-state index in [-0.39, 0.29) is 11.6 Å². The van der Waals surface area contributed by atoms with Crippen LogP contribution >= 0.6 is 0 Å². The molecule has 4 heteroatoms. The van der Waals surface area contributed by atoms with Crippen molar-refractivity contribution < 1.29 is 9.59 Å². The highest BCUT2D eigenvalue weighted by molar-refractivity contribution is 6.00. The Labute approximate surface area is 152 Å². The van der Waals surface area contributed by atoms with E-state index in [1.165, 1.54) is 0 Å². The summed E-state index contributed by atoms with van der Waals surface area (Å²) in [6, 6.07) is 21.3. The second-order valence-corrected chi connectivity index (χ2v) is 6.26. The first-order valence-corrected chi connectivity index (χ1v) is 8.36. The summed E-state index contributed by atoms with van der Waals surface area (Å²) < 4.78 is 0. The highest BCUT2D eigenvalue weighted by atomic mass is 16.1. The molecule has 26 heavy (non-hydrogen) atoms. The molecule has 0 spiro atoms. The van der Waals surface area contributed by atoms with Crippen LogP contribution in [0, 0.1) is 0 Å². The van der Waals surface area contributed by atoms with Gasteiger partial charge in [0.25, 0.3) is 0 Å². The lowest BCUT2D eigenvalue weighted by Gasteiger charge is -2.05. The van der Waals surface area contributed by atoms with Crippen molar-refractivity contribution in [1.82, 2.24) is 0 Å². The fourth-order valence-corrected chi connectivity index (χ4v) is 2.69. The summed E-state index contributed by atoms with van der Waals surface area (Å²) in [7, 11) is 0. The van der Waals surface area contributed by atoms with Gasteiger partial charge < -0.3 is 11.5 Å². The smallest absolute Gasteiger partial charge is 0.167 e. The van der Waals surface area contributed by atoms with Gasteiger partial charge in [-0.1, -0.05) is 48.5 Å². The zero-order valence-electron chi connectivity index (χ0n) is 14.3. The van der Waals surface area contributed by atoms with Crippen LogP contribution in [0.5, 0.6) is 0 Å². The van der Waals surface area contributed by atoms with Crippen LogP contribution in [0.25, 0.3) is 0 Å². The Hall–Kier alpha value is -3.40. The topological polar surface area (TPSA) is 86.2 Å². The molecule has 0 amide bonds. The predicted octanol–water partition coefficient (Wildman–Crippen LogP) is 3.70. The van der Waals surface area contributed by atoms with E-state index in [9.17, 15) is 9.59 Å². The summed E-state index contributed by atoms with van der Waals surface area (Å²) in [5, 5.41) is 0. The average molecular weight is 344 g/mol. The molecule has 0 radical (unpaired) electrons. The van der Waals surface area contributed by atoms with E-state index in [1.807, 2.05) is 24.3 Å². The molecule has 0 atom stereocenters. The van der Waals surface area contributed by atoms with Crippen LogP contribution in [0.3, 0.4) is 0 Å². The van der Waals surface area contributed by atoms with Gasteiger partial charge in [0, 0.05) is 35.3 Å². The van der Waals surface area contributed by atoms with Gasteiger partial charge in [0.2, 0.25) is 0 Å². The van der Waals surface area contributed by atoms with E-state index in [2.05, 4.69) is 0 Å². The molecule has 0 bridgehead atoms. The molecule has 4 N–H and O–H groups in total. The van der Waals surface area contributed by atoms with Crippen molar-refractivity contribution in [2.75, 3.05) is 11.5 Å². The standard InChI is InChI=1S/C22H20N2O2/c23-19-9-1-15(2-10-19)13-21(25)17-5-7-18(8-6-17)22(26)14-16-3-11-20(24)12-4-16/h1-12H,13-14,23-24H2. The van der Waals surface area contributed by atoms with E-state index >= 15 is 0 Å². The SMILES string of the molecule is Nc1ccc(CC(=O)c2ccc(C(=O)Cc3ccc(N)cc3)cc2)cc1. The van der Waals surface area contributed by atoms with Crippen LogP contribution in [-0.4, -0.2) is 11.6 Å². The summed E-state index contributed by atoms with van der Waals surface area (Å²) >= 11 is 0. The number of hydrogen-bond acceptors (Lipinski definition) is 4. The minimum absolute atomic E-state index is 0.00676. The van der Waals surface area contributed by atoms with E-state index < -0.39 is 0 Å². The Morgan fingerprint density at radius 3 is 1.15 bits per heavy atom. The number of carbonyl (C=O) groups is 2. The minimum Gasteiger partial charge on any atom is -0.399 e. The first-order chi connectivity index (χ1) is 12.5. The summed E-state index contributed by atoms with van der Waals surface area (Å²) in [4.78, 5) is 24.8. The zero-order valence-corrected chi connectivity index (χ0v) is 14.3. The number of benzene rings is 3. The lowest BCUT2D eigenvalue weighted by Crippen LogP contribution is -2.06. The molecule has 0 unspecified atom stereocenters. The lowest BCUT2D eigenvalue weighted by molar-refractivity contribution is 0.0981. The Morgan fingerprint density at radius 1 is 0.538 bits per heavy atom.